The summed E-state index contributed by atoms with van der Waals surface area (Å²) in [6, 6.07) is 4.67. The van der Waals surface area contributed by atoms with Gasteiger partial charge in [-0.2, -0.15) is 5.26 Å². The van der Waals surface area contributed by atoms with Gasteiger partial charge in [0.1, 0.15) is 11.6 Å². The van der Waals surface area contributed by atoms with Crippen molar-refractivity contribution >= 4 is 18.0 Å². The fraction of sp³-hybridized carbons (Fsp3) is 0.111. The maximum Gasteiger partial charge on any atom is 0.153 e. The van der Waals surface area contributed by atoms with E-state index in [1.165, 1.54) is 17.8 Å². The largest absolute Gasteiger partial charge is 0.298 e. The maximum atomic E-state index is 13.3. The number of rotatable bonds is 2. The Hall–Kier alpha value is -1.34. The summed E-state index contributed by atoms with van der Waals surface area (Å²) in [6.07, 6.45) is 2.15. The Morgan fingerprint density at radius 1 is 1.62 bits per heavy atom. The average molecular weight is 195 g/mol. The Morgan fingerprint density at radius 3 is 2.77 bits per heavy atom. The van der Waals surface area contributed by atoms with Gasteiger partial charge in [0.15, 0.2) is 12.1 Å². The normalized spacial score (nSPS) is 9.31. The fourth-order valence-electron chi connectivity index (χ4n) is 0.940. The molecule has 1 aromatic rings. The van der Waals surface area contributed by atoms with Crippen LogP contribution in [0.25, 0.3) is 0 Å². The highest BCUT2D eigenvalue weighted by Crippen LogP contribution is 2.23. The number of hydrogen-bond acceptors (Lipinski definition) is 3. The molecule has 0 atom stereocenters. The Kier molecular flexibility index (Phi) is 3.04. The molecule has 0 amide bonds. The molecular weight excluding hydrogens is 189 g/mol. The molecule has 0 aliphatic rings. The van der Waals surface area contributed by atoms with E-state index in [1.807, 2.05) is 0 Å². The molecule has 0 aliphatic carbocycles. The molecule has 0 heterocycles. The lowest BCUT2D eigenvalue weighted by atomic mass is 10.1. The van der Waals surface area contributed by atoms with Crippen LogP contribution in [0, 0.1) is 17.1 Å². The van der Waals surface area contributed by atoms with Crippen molar-refractivity contribution in [1.29, 1.82) is 5.26 Å². The van der Waals surface area contributed by atoms with Gasteiger partial charge in [0.25, 0.3) is 0 Å². The van der Waals surface area contributed by atoms with Crippen LogP contribution in [-0.2, 0) is 0 Å². The SMILES string of the molecule is CSc1ccc(C=O)c(F)c1C#N. The maximum absolute atomic E-state index is 13.3. The van der Waals surface area contributed by atoms with Gasteiger partial charge in [-0.05, 0) is 18.4 Å². The molecule has 0 saturated carbocycles. The Balaban J connectivity index is 3.42. The minimum Gasteiger partial charge on any atom is -0.298 e. The van der Waals surface area contributed by atoms with Crippen LogP contribution in [0.15, 0.2) is 17.0 Å². The van der Waals surface area contributed by atoms with Crippen molar-refractivity contribution in [2.24, 2.45) is 0 Å². The number of thioether (sulfide) groups is 1. The number of carbonyl (C=O) groups is 1. The second-order valence-corrected chi connectivity index (χ2v) is 3.12. The van der Waals surface area contributed by atoms with E-state index in [0.29, 0.717) is 11.2 Å². The molecule has 0 fully saturated rings. The summed E-state index contributed by atoms with van der Waals surface area (Å²) in [6.45, 7) is 0. The summed E-state index contributed by atoms with van der Waals surface area (Å²) >= 11 is 1.27. The van der Waals surface area contributed by atoms with E-state index in [4.69, 9.17) is 5.26 Å². The summed E-state index contributed by atoms with van der Waals surface area (Å²) in [5.74, 6) is -0.732. The summed E-state index contributed by atoms with van der Waals surface area (Å²) in [5, 5.41) is 8.63. The van der Waals surface area contributed by atoms with E-state index >= 15 is 0 Å². The molecule has 0 bridgehead atoms. The van der Waals surface area contributed by atoms with Crippen molar-refractivity contribution < 1.29 is 9.18 Å². The molecule has 0 radical (unpaired) electrons. The fourth-order valence-corrected chi connectivity index (χ4v) is 1.48. The van der Waals surface area contributed by atoms with E-state index in [1.54, 1.807) is 18.4 Å². The molecule has 1 aromatic carbocycles. The second-order valence-electron chi connectivity index (χ2n) is 2.28. The Bertz CT molecular complexity index is 384. The standard InChI is InChI=1S/C9H6FNOS/c1-13-8-3-2-6(5-12)9(10)7(8)4-11/h2-3,5H,1H3. The summed E-state index contributed by atoms with van der Waals surface area (Å²) in [4.78, 5) is 10.9. The van der Waals surface area contributed by atoms with Crippen LogP contribution in [0.2, 0.25) is 0 Å². The number of carbonyl (C=O) groups excluding carboxylic acids is 1. The number of nitriles is 1. The first-order valence-electron chi connectivity index (χ1n) is 3.46. The molecule has 0 saturated heterocycles. The van der Waals surface area contributed by atoms with Gasteiger partial charge in [-0.1, -0.05) is 0 Å². The van der Waals surface area contributed by atoms with Crippen molar-refractivity contribution in [2.75, 3.05) is 6.26 Å². The van der Waals surface area contributed by atoms with Gasteiger partial charge >= 0.3 is 0 Å². The molecule has 4 heteroatoms. The van der Waals surface area contributed by atoms with E-state index < -0.39 is 5.82 Å². The third-order valence-corrected chi connectivity index (χ3v) is 2.37. The van der Waals surface area contributed by atoms with Crippen molar-refractivity contribution in [1.82, 2.24) is 0 Å². The van der Waals surface area contributed by atoms with E-state index in [2.05, 4.69) is 0 Å². The Labute approximate surface area is 79.4 Å². The molecule has 0 spiro atoms. The van der Waals surface area contributed by atoms with E-state index in [9.17, 15) is 9.18 Å². The molecular formula is C9H6FNOS. The van der Waals surface area contributed by atoms with E-state index in [0.717, 1.165) is 0 Å². The topological polar surface area (TPSA) is 40.9 Å². The number of halogens is 1. The van der Waals surface area contributed by atoms with Gasteiger partial charge in [0.2, 0.25) is 0 Å². The van der Waals surface area contributed by atoms with Crippen molar-refractivity contribution in [3.05, 3.63) is 29.1 Å². The first kappa shape index (κ1) is 9.75. The highest BCUT2D eigenvalue weighted by molar-refractivity contribution is 7.98. The lowest BCUT2D eigenvalue weighted by Gasteiger charge is -2.02. The first-order chi connectivity index (χ1) is 6.24. The molecule has 0 aliphatic heterocycles. The first-order valence-corrected chi connectivity index (χ1v) is 4.68. The van der Waals surface area contributed by atoms with Crippen LogP contribution in [0.1, 0.15) is 15.9 Å². The third kappa shape index (κ3) is 1.70. The smallest absolute Gasteiger partial charge is 0.153 e. The zero-order valence-electron chi connectivity index (χ0n) is 6.87. The summed E-state index contributed by atoms with van der Waals surface area (Å²) in [5.41, 5.74) is -0.133. The highest BCUT2D eigenvalue weighted by atomic mass is 32.2. The second kappa shape index (κ2) is 4.06. The minimum atomic E-state index is -0.732. The van der Waals surface area contributed by atoms with Gasteiger partial charge in [0.05, 0.1) is 5.56 Å². The Morgan fingerprint density at radius 2 is 2.31 bits per heavy atom. The van der Waals surface area contributed by atoms with Crippen LogP contribution in [0.3, 0.4) is 0 Å². The molecule has 0 unspecified atom stereocenters. The van der Waals surface area contributed by atoms with Crippen LogP contribution in [0.5, 0.6) is 0 Å². The van der Waals surface area contributed by atoms with Gasteiger partial charge in [-0.15, -0.1) is 11.8 Å². The molecule has 0 aromatic heterocycles. The van der Waals surface area contributed by atoms with Crippen molar-refractivity contribution in [3.8, 4) is 6.07 Å². The zero-order valence-corrected chi connectivity index (χ0v) is 7.69. The molecule has 66 valence electrons. The van der Waals surface area contributed by atoms with Crippen LogP contribution < -0.4 is 0 Å². The predicted octanol–water partition coefficient (Wildman–Crippen LogP) is 2.23. The third-order valence-electron chi connectivity index (χ3n) is 1.59. The monoisotopic (exact) mass is 195 g/mol. The van der Waals surface area contributed by atoms with Gasteiger partial charge in [-0.3, -0.25) is 4.79 Å². The van der Waals surface area contributed by atoms with Crippen LogP contribution >= 0.6 is 11.8 Å². The van der Waals surface area contributed by atoms with E-state index in [-0.39, 0.29) is 11.1 Å². The van der Waals surface area contributed by atoms with Crippen molar-refractivity contribution in [2.45, 2.75) is 4.90 Å². The summed E-state index contributed by atoms with van der Waals surface area (Å²) < 4.78 is 13.3. The van der Waals surface area contributed by atoms with Crippen LogP contribution in [-0.4, -0.2) is 12.5 Å². The lowest BCUT2D eigenvalue weighted by molar-refractivity contribution is 0.111. The number of aldehydes is 1. The van der Waals surface area contributed by atoms with Gasteiger partial charge in [-0.25, -0.2) is 4.39 Å². The quantitative estimate of drug-likeness (QED) is 0.536. The molecule has 1 rings (SSSR count). The number of benzene rings is 1. The minimum absolute atomic E-state index is 0.0582. The van der Waals surface area contributed by atoms with Gasteiger partial charge in [0, 0.05) is 4.90 Å². The number of nitrogens with zero attached hydrogens (tertiary/aromatic N) is 1. The average Bonchev–Trinajstić information content (AvgIpc) is 2.17. The zero-order chi connectivity index (χ0) is 9.84. The summed E-state index contributed by atoms with van der Waals surface area (Å²) in [7, 11) is 0. The predicted molar refractivity (Wildman–Crippen MR) is 48.3 cm³/mol. The van der Waals surface area contributed by atoms with Crippen LogP contribution in [0.4, 0.5) is 4.39 Å². The molecule has 2 nitrogen and oxygen atoms in total. The van der Waals surface area contributed by atoms with Gasteiger partial charge < -0.3 is 0 Å². The molecule has 13 heavy (non-hydrogen) atoms. The van der Waals surface area contributed by atoms with Crippen molar-refractivity contribution in [3.63, 3.8) is 0 Å². The lowest BCUT2D eigenvalue weighted by Crippen LogP contribution is -1.94. The highest BCUT2D eigenvalue weighted by Gasteiger charge is 2.11. The number of hydrogen-bond donors (Lipinski definition) is 0. The molecule has 0 N–H and O–H groups in total.